The van der Waals surface area contributed by atoms with E-state index in [2.05, 4.69) is 82.7 Å². The molecule has 0 N–H and O–H groups in total. The lowest BCUT2D eigenvalue weighted by molar-refractivity contribution is -0.0399. The Morgan fingerprint density at radius 3 is 1.92 bits per heavy atom. The normalized spacial score (nSPS) is 28.2. The molecule has 0 radical (unpaired) electrons. The Labute approximate surface area is 227 Å². The smallest absolute Gasteiger partial charge is 0.0998 e. The van der Waals surface area contributed by atoms with E-state index in [0.29, 0.717) is 0 Å². The average Bonchev–Trinajstić information content (AvgIpc) is 3.20. The number of benzene rings is 4. The lowest BCUT2D eigenvalue weighted by atomic mass is 9.43. The molecule has 5 aliphatic carbocycles. The van der Waals surface area contributed by atoms with Gasteiger partial charge in [0.1, 0.15) is 0 Å². The third-order valence-corrected chi connectivity index (χ3v) is 10.7. The van der Waals surface area contributed by atoms with Crippen LogP contribution in [0.3, 0.4) is 0 Å². The molecular formula is C35H28BrN. The summed E-state index contributed by atoms with van der Waals surface area (Å²) in [7, 11) is 0. The van der Waals surface area contributed by atoms with E-state index in [4.69, 9.17) is 0 Å². The second-order valence-electron chi connectivity index (χ2n) is 11.9. The Hall–Kier alpha value is -3.15. The lowest BCUT2D eigenvalue weighted by Crippen LogP contribution is -2.55. The summed E-state index contributed by atoms with van der Waals surface area (Å²) in [6.07, 6.45) is 7.07. The highest BCUT2D eigenvalue weighted by Crippen LogP contribution is 2.69. The van der Waals surface area contributed by atoms with Gasteiger partial charge in [-0.25, -0.2) is 0 Å². The Balaban J connectivity index is 1.26. The molecule has 180 valence electrons. The number of fused-ring (bicyclic) bond motifs is 3. The monoisotopic (exact) mass is 541 g/mol. The number of hydrogen-bond donors (Lipinski definition) is 0. The molecule has 0 aromatic heterocycles. The second kappa shape index (κ2) is 7.92. The van der Waals surface area contributed by atoms with Crippen molar-refractivity contribution in [3.63, 3.8) is 0 Å². The third kappa shape index (κ3) is 3.01. The molecule has 9 rings (SSSR count). The first-order valence-electron chi connectivity index (χ1n) is 13.7. The molecule has 0 unspecified atom stereocenters. The number of halogens is 1. The van der Waals surface area contributed by atoms with Crippen LogP contribution in [-0.4, -0.2) is 0 Å². The van der Waals surface area contributed by atoms with Crippen LogP contribution in [-0.2, 0) is 5.41 Å². The van der Waals surface area contributed by atoms with Gasteiger partial charge >= 0.3 is 0 Å². The maximum Gasteiger partial charge on any atom is 0.0998 e. The molecule has 4 bridgehead atoms. The number of nitrogens with zero attached hydrogens (tertiary/aromatic N) is 1. The van der Waals surface area contributed by atoms with Crippen molar-refractivity contribution in [2.75, 3.05) is 0 Å². The SMILES string of the molecule is N#Cc1ccccc1-c1ccc(-c2ccc3c(c2)C2(c4cc(Br)ccc4-3)C3CC4CC(C3)CC2C4)cc1. The molecular weight excluding hydrogens is 514 g/mol. The zero-order valence-corrected chi connectivity index (χ0v) is 22.3. The average molecular weight is 543 g/mol. The molecule has 4 fully saturated rings. The molecule has 37 heavy (non-hydrogen) atoms. The first-order chi connectivity index (χ1) is 18.1. The van der Waals surface area contributed by atoms with Crippen LogP contribution in [0.4, 0.5) is 0 Å². The summed E-state index contributed by atoms with van der Waals surface area (Å²) in [5, 5.41) is 9.55. The molecule has 4 aromatic rings. The Bertz CT molecular complexity index is 1580. The van der Waals surface area contributed by atoms with Crippen LogP contribution in [0.5, 0.6) is 0 Å². The van der Waals surface area contributed by atoms with E-state index >= 15 is 0 Å². The van der Waals surface area contributed by atoms with Crippen molar-refractivity contribution in [3.8, 4) is 39.4 Å². The Morgan fingerprint density at radius 2 is 1.22 bits per heavy atom. The summed E-state index contributed by atoms with van der Waals surface area (Å²) >= 11 is 3.83. The first kappa shape index (κ1) is 21.9. The van der Waals surface area contributed by atoms with E-state index in [1.165, 1.54) is 58.8 Å². The minimum Gasteiger partial charge on any atom is -0.192 e. The van der Waals surface area contributed by atoms with Crippen molar-refractivity contribution in [3.05, 3.63) is 106 Å². The van der Waals surface area contributed by atoms with E-state index < -0.39 is 0 Å². The van der Waals surface area contributed by atoms with Crippen LogP contribution in [0.15, 0.2) is 89.4 Å². The summed E-state index contributed by atoms with van der Waals surface area (Å²) in [6, 6.07) is 33.3. The van der Waals surface area contributed by atoms with Crippen LogP contribution in [0.1, 0.15) is 48.8 Å². The van der Waals surface area contributed by atoms with E-state index in [1.54, 1.807) is 11.1 Å². The fourth-order valence-electron chi connectivity index (χ4n) is 9.02. The summed E-state index contributed by atoms with van der Waals surface area (Å²) in [5.41, 5.74) is 11.6. The van der Waals surface area contributed by atoms with Crippen LogP contribution in [0.2, 0.25) is 0 Å². The lowest BCUT2D eigenvalue weighted by Gasteiger charge is -2.61. The predicted molar refractivity (Wildman–Crippen MR) is 153 cm³/mol. The van der Waals surface area contributed by atoms with Crippen molar-refractivity contribution in [2.45, 2.75) is 37.5 Å². The fourth-order valence-corrected chi connectivity index (χ4v) is 9.38. The number of hydrogen-bond acceptors (Lipinski definition) is 1. The van der Waals surface area contributed by atoms with Gasteiger partial charge in [0.2, 0.25) is 0 Å². The zero-order chi connectivity index (χ0) is 24.7. The summed E-state index contributed by atoms with van der Waals surface area (Å²) < 4.78 is 1.21. The minimum atomic E-state index is 0.170. The van der Waals surface area contributed by atoms with Crippen molar-refractivity contribution >= 4 is 15.9 Å². The first-order valence-corrected chi connectivity index (χ1v) is 14.5. The minimum absolute atomic E-state index is 0.170. The zero-order valence-electron chi connectivity index (χ0n) is 20.8. The standard InChI is InChI=1S/C35H28BrN/c36-29-10-12-32-31-11-9-25(23-5-7-24(8-6-23)30-4-2-1-3-26(30)20-37)18-33(31)35(34(32)19-29)27-14-21-13-22(16-27)17-28(35)15-21/h1-12,18-19,21-22,27-28H,13-17H2. The summed E-state index contributed by atoms with van der Waals surface area (Å²) in [4.78, 5) is 0. The largest absolute Gasteiger partial charge is 0.192 e. The molecule has 0 amide bonds. The molecule has 2 heteroatoms. The molecule has 0 saturated heterocycles. The van der Waals surface area contributed by atoms with E-state index in [9.17, 15) is 5.26 Å². The van der Waals surface area contributed by atoms with Crippen molar-refractivity contribution in [2.24, 2.45) is 23.7 Å². The van der Waals surface area contributed by atoms with E-state index in [0.717, 1.165) is 40.4 Å². The summed E-state index contributed by atoms with van der Waals surface area (Å²) in [6.45, 7) is 0. The quantitative estimate of drug-likeness (QED) is 0.248. The van der Waals surface area contributed by atoms with Crippen molar-refractivity contribution in [1.29, 1.82) is 5.26 Å². The van der Waals surface area contributed by atoms with Crippen LogP contribution in [0.25, 0.3) is 33.4 Å². The maximum absolute atomic E-state index is 9.55. The molecule has 1 spiro atoms. The van der Waals surface area contributed by atoms with Crippen LogP contribution < -0.4 is 0 Å². The highest BCUT2D eigenvalue weighted by atomic mass is 79.9. The van der Waals surface area contributed by atoms with Gasteiger partial charge in [-0.15, -0.1) is 0 Å². The van der Waals surface area contributed by atoms with E-state index in [1.807, 2.05) is 24.3 Å². The van der Waals surface area contributed by atoms with Gasteiger partial charge in [0.05, 0.1) is 11.6 Å². The highest BCUT2D eigenvalue weighted by Gasteiger charge is 2.61. The molecule has 4 aromatic carbocycles. The molecule has 0 heterocycles. The Morgan fingerprint density at radius 1 is 0.622 bits per heavy atom. The van der Waals surface area contributed by atoms with Crippen molar-refractivity contribution in [1.82, 2.24) is 0 Å². The van der Waals surface area contributed by atoms with Gasteiger partial charge in [0, 0.05) is 9.89 Å². The van der Waals surface area contributed by atoms with Gasteiger partial charge < -0.3 is 0 Å². The van der Waals surface area contributed by atoms with Gasteiger partial charge in [0.25, 0.3) is 0 Å². The maximum atomic E-state index is 9.55. The highest BCUT2D eigenvalue weighted by molar-refractivity contribution is 9.10. The molecule has 0 atom stereocenters. The third-order valence-electron chi connectivity index (χ3n) is 10.2. The second-order valence-corrected chi connectivity index (χ2v) is 12.8. The van der Waals surface area contributed by atoms with Gasteiger partial charge in [-0.05, 0) is 125 Å². The van der Waals surface area contributed by atoms with Gasteiger partial charge in [0.15, 0.2) is 0 Å². The van der Waals surface area contributed by atoms with Crippen molar-refractivity contribution < 1.29 is 0 Å². The Kier molecular flexibility index (Phi) is 4.69. The van der Waals surface area contributed by atoms with E-state index in [-0.39, 0.29) is 5.41 Å². The van der Waals surface area contributed by atoms with Gasteiger partial charge in [-0.1, -0.05) is 76.6 Å². The molecule has 1 nitrogen and oxygen atoms in total. The fraction of sp³-hybridized carbons (Fsp3) is 0.286. The van der Waals surface area contributed by atoms with Gasteiger partial charge in [-0.2, -0.15) is 5.26 Å². The topological polar surface area (TPSA) is 23.8 Å². The van der Waals surface area contributed by atoms with Gasteiger partial charge in [-0.3, -0.25) is 0 Å². The number of nitriles is 1. The predicted octanol–water partition coefficient (Wildman–Crippen LogP) is 9.38. The number of rotatable bonds is 2. The summed E-state index contributed by atoms with van der Waals surface area (Å²) in [5.74, 6) is 3.41. The van der Waals surface area contributed by atoms with Crippen LogP contribution in [0, 0.1) is 35.0 Å². The van der Waals surface area contributed by atoms with Crippen LogP contribution >= 0.6 is 15.9 Å². The molecule has 0 aliphatic heterocycles. The molecule has 5 aliphatic rings. The molecule has 4 saturated carbocycles.